The van der Waals surface area contributed by atoms with Gasteiger partial charge in [0, 0.05) is 30.4 Å². The van der Waals surface area contributed by atoms with E-state index in [0.717, 1.165) is 5.69 Å². The van der Waals surface area contributed by atoms with E-state index in [1.807, 2.05) is 30.3 Å². The van der Waals surface area contributed by atoms with Crippen molar-refractivity contribution >= 4 is 29.1 Å². The van der Waals surface area contributed by atoms with Gasteiger partial charge in [0.2, 0.25) is 24.5 Å². The van der Waals surface area contributed by atoms with Crippen LogP contribution in [0, 0.1) is 5.92 Å². The fourth-order valence-electron chi connectivity index (χ4n) is 3.23. The van der Waals surface area contributed by atoms with Gasteiger partial charge in [0.25, 0.3) is 0 Å². The molecule has 0 spiro atoms. The third kappa shape index (κ3) is 3.75. The number of nitrogens with one attached hydrogen (secondary N) is 2. The summed E-state index contributed by atoms with van der Waals surface area (Å²) >= 11 is 0. The Morgan fingerprint density at radius 1 is 1.07 bits per heavy atom. The van der Waals surface area contributed by atoms with Gasteiger partial charge in [0.1, 0.15) is 0 Å². The number of anilines is 2. The predicted molar refractivity (Wildman–Crippen MR) is 101 cm³/mol. The van der Waals surface area contributed by atoms with Gasteiger partial charge >= 0.3 is 0 Å². The number of ether oxygens (including phenoxy) is 2. The van der Waals surface area contributed by atoms with Crippen molar-refractivity contribution in [1.82, 2.24) is 5.32 Å². The molecule has 2 aromatic carbocycles. The molecule has 1 atom stereocenters. The Labute approximate surface area is 161 Å². The number of fused-ring (bicyclic) bond motifs is 1. The third-order valence-electron chi connectivity index (χ3n) is 4.64. The number of nitrogens with zero attached hydrogens (tertiary/aromatic N) is 1. The van der Waals surface area contributed by atoms with Crippen LogP contribution in [0.4, 0.5) is 11.4 Å². The standard InChI is InChI=1S/C20H19N3O5/c24-18(22-14-6-7-16-17(9-14)28-12-27-16)10-21-20(26)13-8-19(25)23(11-13)15-4-2-1-3-5-15/h1-7,9,13H,8,10-12H2,(H,21,26)(H,22,24)/t13-/m0/s1. The smallest absolute Gasteiger partial charge is 0.243 e. The third-order valence-corrected chi connectivity index (χ3v) is 4.64. The Balaban J connectivity index is 1.28. The van der Waals surface area contributed by atoms with Crippen LogP contribution in [0.2, 0.25) is 0 Å². The minimum Gasteiger partial charge on any atom is -0.454 e. The van der Waals surface area contributed by atoms with Gasteiger partial charge in [-0.3, -0.25) is 14.4 Å². The number of carbonyl (C=O) groups excluding carboxylic acids is 3. The highest BCUT2D eigenvalue weighted by Crippen LogP contribution is 2.34. The number of amides is 3. The molecule has 3 amide bonds. The zero-order valence-corrected chi connectivity index (χ0v) is 15.0. The van der Waals surface area contributed by atoms with Gasteiger partial charge in [0.05, 0.1) is 12.5 Å². The normalized spacial score (nSPS) is 17.5. The van der Waals surface area contributed by atoms with Crippen LogP contribution in [0.5, 0.6) is 11.5 Å². The Hall–Kier alpha value is -3.55. The maximum absolute atomic E-state index is 12.4. The Kier molecular flexibility index (Phi) is 4.84. The summed E-state index contributed by atoms with van der Waals surface area (Å²) in [5, 5.41) is 5.30. The topological polar surface area (TPSA) is 97.0 Å². The van der Waals surface area contributed by atoms with Crippen molar-refractivity contribution in [2.24, 2.45) is 5.92 Å². The van der Waals surface area contributed by atoms with E-state index in [2.05, 4.69) is 10.6 Å². The molecule has 0 aromatic heterocycles. The van der Waals surface area contributed by atoms with Crippen LogP contribution in [-0.4, -0.2) is 37.6 Å². The Morgan fingerprint density at radius 3 is 2.68 bits per heavy atom. The fraction of sp³-hybridized carbons (Fsp3) is 0.250. The van der Waals surface area contributed by atoms with E-state index in [9.17, 15) is 14.4 Å². The van der Waals surface area contributed by atoms with E-state index in [1.54, 1.807) is 23.1 Å². The average Bonchev–Trinajstić information content (AvgIpc) is 3.33. The minimum absolute atomic E-state index is 0.101. The molecule has 1 fully saturated rings. The lowest BCUT2D eigenvalue weighted by Crippen LogP contribution is -2.37. The highest BCUT2D eigenvalue weighted by Gasteiger charge is 2.35. The highest BCUT2D eigenvalue weighted by molar-refractivity contribution is 6.01. The van der Waals surface area contributed by atoms with Crippen LogP contribution in [0.3, 0.4) is 0 Å². The second kappa shape index (κ2) is 7.59. The summed E-state index contributed by atoms with van der Waals surface area (Å²) in [7, 11) is 0. The van der Waals surface area contributed by atoms with Crippen LogP contribution in [0.1, 0.15) is 6.42 Å². The summed E-state index contributed by atoms with van der Waals surface area (Å²) in [4.78, 5) is 38.3. The number of rotatable bonds is 5. The molecule has 0 aliphatic carbocycles. The molecule has 2 heterocycles. The molecule has 8 nitrogen and oxygen atoms in total. The maximum Gasteiger partial charge on any atom is 0.243 e. The van der Waals surface area contributed by atoms with Crippen molar-refractivity contribution < 1.29 is 23.9 Å². The van der Waals surface area contributed by atoms with E-state index < -0.39 is 5.92 Å². The predicted octanol–water partition coefficient (Wildman–Crippen LogP) is 1.52. The van der Waals surface area contributed by atoms with Crippen molar-refractivity contribution in [3.63, 3.8) is 0 Å². The molecule has 8 heteroatoms. The molecule has 2 aromatic rings. The first-order valence-electron chi connectivity index (χ1n) is 8.93. The fourth-order valence-corrected chi connectivity index (χ4v) is 3.23. The second-order valence-corrected chi connectivity index (χ2v) is 6.57. The molecule has 2 N–H and O–H groups in total. The molecule has 28 heavy (non-hydrogen) atoms. The molecule has 144 valence electrons. The van der Waals surface area contributed by atoms with Crippen molar-refractivity contribution in [2.75, 3.05) is 30.1 Å². The summed E-state index contributed by atoms with van der Waals surface area (Å²) in [5.41, 5.74) is 1.32. The number of carbonyl (C=O) groups is 3. The molecule has 0 bridgehead atoms. The SMILES string of the molecule is O=C(CNC(=O)[C@H]1CC(=O)N(c2ccccc2)C1)Nc1ccc2c(c1)OCO2. The molecular weight excluding hydrogens is 362 g/mol. The van der Waals surface area contributed by atoms with Crippen molar-refractivity contribution in [3.05, 3.63) is 48.5 Å². The van der Waals surface area contributed by atoms with Gasteiger partial charge in [0.15, 0.2) is 11.5 Å². The van der Waals surface area contributed by atoms with Crippen molar-refractivity contribution in [3.8, 4) is 11.5 Å². The van der Waals surface area contributed by atoms with Crippen LogP contribution in [-0.2, 0) is 14.4 Å². The van der Waals surface area contributed by atoms with Gasteiger partial charge in [-0.25, -0.2) is 0 Å². The molecule has 0 saturated carbocycles. The van der Waals surface area contributed by atoms with Crippen molar-refractivity contribution in [2.45, 2.75) is 6.42 Å². The monoisotopic (exact) mass is 381 g/mol. The van der Waals surface area contributed by atoms with Gasteiger partial charge in [-0.1, -0.05) is 18.2 Å². The van der Waals surface area contributed by atoms with Gasteiger partial charge in [-0.05, 0) is 24.3 Å². The Bertz CT molecular complexity index is 915. The first-order chi connectivity index (χ1) is 13.6. The summed E-state index contributed by atoms with van der Waals surface area (Å²) in [5.74, 6) is -0.0706. The van der Waals surface area contributed by atoms with E-state index in [1.165, 1.54) is 0 Å². The summed E-state index contributed by atoms with van der Waals surface area (Å²) in [6.07, 6.45) is 0.129. The molecule has 4 rings (SSSR count). The first kappa shape index (κ1) is 17.8. The largest absolute Gasteiger partial charge is 0.454 e. The van der Waals surface area contributed by atoms with Crippen LogP contribution < -0.4 is 25.0 Å². The molecule has 0 radical (unpaired) electrons. The molecule has 1 saturated heterocycles. The minimum atomic E-state index is -0.481. The average molecular weight is 381 g/mol. The lowest BCUT2D eigenvalue weighted by atomic mass is 10.1. The maximum atomic E-state index is 12.4. The molecule has 2 aliphatic heterocycles. The molecular formula is C20H19N3O5. The number of benzene rings is 2. The van der Waals surface area contributed by atoms with Crippen LogP contribution in [0.25, 0.3) is 0 Å². The first-order valence-corrected chi connectivity index (χ1v) is 8.93. The second-order valence-electron chi connectivity index (χ2n) is 6.57. The summed E-state index contributed by atoms with van der Waals surface area (Å²) < 4.78 is 10.5. The zero-order chi connectivity index (χ0) is 19.5. The van der Waals surface area contributed by atoms with Gasteiger partial charge in [-0.15, -0.1) is 0 Å². The van der Waals surface area contributed by atoms with E-state index in [4.69, 9.17) is 9.47 Å². The summed E-state index contributed by atoms with van der Waals surface area (Å²) in [6, 6.07) is 14.3. The van der Waals surface area contributed by atoms with Gasteiger partial charge < -0.3 is 25.0 Å². The van der Waals surface area contributed by atoms with Crippen molar-refractivity contribution in [1.29, 1.82) is 0 Å². The quantitative estimate of drug-likeness (QED) is 0.819. The Morgan fingerprint density at radius 2 is 1.86 bits per heavy atom. The molecule has 0 unspecified atom stereocenters. The highest BCUT2D eigenvalue weighted by atomic mass is 16.7. The molecule has 2 aliphatic rings. The van der Waals surface area contributed by atoms with E-state index >= 15 is 0 Å². The number of hydrogen-bond donors (Lipinski definition) is 2. The number of para-hydroxylation sites is 1. The van der Waals surface area contributed by atoms with Crippen LogP contribution in [0.15, 0.2) is 48.5 Å². The summed E-state index contributed by atoms with van der Waals surface area (Å²) in [6.45, 7) is 0.282. The van der Waals surface area contributed by atoms with Crippen LogP contribution >= 0.6 is 0 Å². The van der Waals surface area contributed by atoms with Gasteiger partial charge in [-0.2, -0.15) is 0 Å². The van der Waals surface area contributed by atoms with E-state index in [0.29, 0.717) is 23.7 Å². The number of hydrogen-bond acceptors (Lipinski definition) is 5. The van der Waals surface area contributed by atoms with E-state index in [-0.39, 0.29) is 37.5 Å². The lowest BCUT2D eigenvalue weighted by molar-refractivity contribution is -0.127. The zero-order valence-electron chi connectivity index (χ0n) is 15.0. The lowest BCUT2D eigenvalue weighted by Gasteiger charge is -2.16.